The zero-order chi connectivity index (χ0) is 16.5. The molecule has 0 amide bonds. The minimum Gasteiger partial charge on any atom is -0.487 e. The number of alkyl halides is 5. The highest BCUT2D eigenvalue weighted by atomic mass is 32.2. The number of sulfonamides is 1. The summed E-state index contributed by atoms with van der Waals surface area (Å²) in [6, 6.07) is 2.70. The van der Waals surface area contributed by atoms with Gasteiger partial charge in [0.05, 0.1) is 5.69 Å². The second-order valence-corrected chi connectivity index (χ2v) is 5.75. The maximum Gasteiger partial charge on any atom is 0.456 e. The molecule has 0 fully saturated rings. The first-order valence-electron chi connectivity index (χ1n) is 5.31. The summed E-state index contributed by atoms with van der Waals surface area (Å²) >= 11 is 0. The van der Waals surface area contributed by atoms with Crippen molar-refractivity contribution < 1.29 is 35.1 Å². The topological polar surface area (TPSA) is 81.4 Å². The zero-order valence-corrected chi connectivity index (χ0v) is 11.4. The molecular formula is C10H11F5N2O3S. The SMILES string of the molecule is CNS(=O)(=O)c1ccc(OCC(F)(F)C(F)(F)F)cc1N. The standard InChI is InChI=1S/C10H11F5N2O3S/c1-17-21(18,19)8-3-2-6(4-7(8)16)20-5-9(11,12)10(13,14)15/h2-4,17H,5,16H2,1H3. The Morgan fingerprint density at radius 3 is 2.24 bits per heavy atom. The second kappa shape index (κ2) is 5.64. The van der Waals surface area contributed by atoms with E-state index >= 15 is 0 Å². The number of ether oxygens (including phenoxy) is 1. The number of hydrogen-bond acceptors (Lipinski definition) is 4. The lowest BCUT2D eigenvalue weighted by Crippen LogP contribution is -2.41. The fourth-order valence-corrected chi connectivity index (χ4v) is 2.06. The molecule has 0 bridgehead atoms. The Balaban J connectivity index is 2.92. The molecule has 0 radical (unpaired) electrons. The Kier molecular flexibility index (Phi) is 4.68. The Bertz CT molecular complexity index is 616. The average Bonchev–Trinajstić information content (AvgIpc) is 2.35. The first-order chi connectivity index (χ1) is 9.40. The van der Waals surface area contributed by atoms with Crippen LogP contribution in [0.4, 0.5) is 27.6 Å². The van der Waals surface area contributed by atoms with E-state index in [1.807, 2.05) is 4.72 Å². The lowest BCUT2D eigenvalue weighted by Gasteiger charge is -2.20. The molecule has 0 atom stereocenters. The van der Waals surface area contributed by atoms with Crippen molar-refractivity contribution in [2.45, 2.75) is 17.0 Å². The van der Waals surface area contributed by atoms with Crippen molar-refractivity contribution in [2.24, 2.45) is 0 Å². The monoisotopic (exact) mass is 334 g/mol. The Labute approximate surface area is 116 Å². The lowest BCUT2D eigenvalue weighted by molar-refractivity contribution is -0.290. The van der Waals surface area contributed by atoms with E-state index in [0.29, 0.717) is 0 Å². The first-order valence-corrected chi connectivity index (χ1v) is 6.79. The van der Waals surface area contributed by atoms with Crippen LogP contribution in [0.2, 0.25) is 0 Å². The summed E-state index contributed by atoms with van der Waals surface area (Å²) in [7, 11) is -2.74. The van der Waals surface area contributed by atoms with Crippen molar-refractivity contribution in [3.63, 3.8) is 0 Å². The molecule has 0 unspecified atom stereocenters. The molecule has 120 valence electrons. The van der Waals surface area contributed by atoms with E-state index in [1.165, 1.54) is 0 Å². The smallest absolute Gasteiger partial charge is 0.456 e. The van der Waals surface area contributed by atoms with Crippen LogP contribution in [0.1, 0.15) is 0 Å². The molecule has 0 aliphatic rings. The van der Waals surface area contributed by atoms with E-state index in [4.69, 9.17) is 5.73 Å². The van der Waals surface area contributed by atoms with E-state index in [1.54, 1.807) is 0 Å². The highest BCUT2D eigenvalue weighted by Crippen LogP contribution is 2.36. The average molecular weight is 334 g/mol. The fraction of sp³-hybridized carbons (Fsp3) is 0.400. The van der Waals surface area contributed by atoms with Crippen molar-refractivity contribution >= 4 is 15.7 Å². The Hall–Kier alpha value is -1.62. The summed E-state index contributed by atoms with van der Waals surface area (Å²) in [4.78, 5) is -0.347. The molecule has 0 spiro atoms. The van der Waals surface area contributed by atoms with E-state index in [-0.39, 0.29) is 10.6 Å². The second-order valence-electron chi connectivity index (χ2n) is 3.90. The summed E-state index contributed by atoms with van der Waals surface area (Å²) in [6.07, 6.45) is -5.74. The van der Waals surface area contributed by atoms with Crippen molar-refractivity contribution in [2.75, 3.05) is 19.4 Å². The van der Waals surface area contributed by atoms with Crippen LogP contribution in [-0.4, -0.2) is 34.2 Å². The van der Waals surface area contributed by atoms with E-state index in [2.05, 4.69) is 4.74 Å². The van der Waals surface area contributed by atoms with Crippen LogP contribution in [-0.2, 0) is 10.0 Å². The lowest BCUT2D eigenvalue weighted by atomic mass is 10.3. The summed E-state index contributed by atoms with van der Waals surface area (Å²) in [5.74, 6) is -5.44. The van der Waals surface area contributed by atoms with Crippen LogP contribution in [0, 0.1) is 0 Å². The van der Waals surface area contributed by atoms with Crippen LogP contribution in [0.25, 0.3) is 0 Å². The van der Waals surface area contributed by atoms with Gasteiger partial charge in [-0.3, -0.25) is 0 Å². The van der Waals surface area contributed by atoms with Crippen molar-refractivity contribution in [3.05, 3.63) is 18.2 Å². The maximum atomic E-state index is 12.7. The van der Waals surface area contributed by atoms with Crippen molar-refractivity contribution in [1.82, 2.24) is 4.72 Å². The zero-order valence-electron chi connectivity index (χ0n) is 10.5. The van der Waals surface area contributed by atoms with Gasteiger partial charge in [-0.15, -0.1) is 0 Å². The van der Waals surface area contributed by atoms with Gasteiger partial charge in [-0.05, 0) is 19.2 Å². The molecule has 1 aromatic rings. The molecule has 21 heavy (non-hydrogen) atoms. The van der Waals surface area contributed by atoms with Gasteiger partial charge in [0.15, 0.2) is 6.61 Å². The van der Waals surface area contributed by atoms with Gasteiger partial charge in [0.1, 0.15) is 10.6 Å². The molecule has 0 aliphatic heterocycles. The van der Waals surface area contributed by atoms with Crippen LogP contribution < -0.4 is 15.2 Å². The normalized spacial score (nSPS) is 13.2. The molecule has 3 N–H and O–H groups in total. The molecule has 0 aliphatic carbocycles. The van der Waals surface area contributed by atoms with Crippen LogP contribution in [0.3, 0.4) is 0 Å². The molecule has 0 saturated heterocycles. The van der Waals surface area contributed by atoms with Crippen LogP contribution >= 0.6 is 0 Å². The third-order valence-electron chi connectivity index (χ3n) is 2.37. The Morgan fingerprint density at radius 1 is 1.24 bits per heavy atom. The molecule has 1 rings (SSSR count). The van der Waals surface area contributed by atoms with Gasteiger partial charge in [0.25, 0.3) is 0 Å². The summed E-state index contributed by atoms with van der Waals surface area (Å²) in [5.41, 5.74) is 5.05. The highest BCUT2D eigenvalue weighted by molar-refractivity contribution is 7.89. The minimum absolute atomic E-state index is 0.347. The number of nitrogens with two attached hydrogens (primary N) is 1. The van der Waals surface area contributed by atoms with E-state index in [0.717, 1.165) is 25.2 Å². The predicted molar refractivity (Wildman–Crippen MR) is 63.6 cm³/mol. The molecule has 0 saturated carbocycles. The molecule has 0 heterocycles. The van der Waals surface area contributed by atoms with Crippen molar-refractivity contribution in [1.29, 1.82) is 0 Å². The minimum atomic E-state index is -5.74. The number of hydrogen-bond donors (Lipinski definition) is 2. The largest absolute Gasteiger partial charge is 0.487 e. The van der Waals surface area contributed by atoms with Gasteiger partial charge in [0.2, 0.25) is 10.0 Å². The van der Waals surface area contributed by atoms with Crippen molar-refractivity contribution in [3.8, 4) is 5.75 Å². The molecule has 1 aromatic carbocycles. The number of benzene rings is 1. The van der Waals surface area contributed by atoms with Gasteiger partial charge >= 0.3 is 12.1 Å². The summed E-state index contributed by atoms with van der Waals surface area (Å²) < 4.78 is 90.4. The number of anilines is 1. The van der Waals surface area contributed by atoms with Gasteiger partial charge < -0.3 is 10.5 Å². The number of halogens is 5. The fourth-order valence-electron chi connectivity index (χ4n) is 1.23. The van der Waals surface area contributed by atoms with E-state index in [9.17, 15) is 30.4 Å². The van der Waals surface area contributed by atoms with Gasteiger partial charge in [-0.2, -0.15) is 22.0 Å². The third kappa shape index (κ3) is 3.94. The van der Waals surface area contributed by atoms with Gasteiger partial charge in [0, 0.05) is 6.07 Å². The summed E-state index contributed by atoms with van der Waals surface area (Å²) in [6.45, 7) is -1.94. The first kappa shape index (κ1) is 17.4. The quantitative estimate of drug-likeness (QED) is 0.635. The number of nitrogens with one attached hydrogen (secondary N) is 1. The molecule has 5 nitrogen and oxygen atoms in total. The number of rotatable bonds is 5. The van der Waals surface area contributed by atoms with Crippen LogP contribution in [0.15, 0.2) is 23.1 Å². The Morgan fingerprint density at radius 2 is 1.81 bits per heavy atom. The number of nitrogen functional groups attached to an aromatic ring is 1. The predicted octanol–water partition coefficient (Wildman–Crippen LogP) is 1.75. The van der Waals surface area contributed by atoms with Gasteiger partial charge in [-0.25, -0.2) is 13.1 Å². The van der Waals surface area contributed by atoms with Crippen LogP contribution in [0.5, 0.6) is 5.75 Å². The summed E-state index contributed by atoms with van der Waals surface area (Å²) in [5, 5.41) is 0. The maximum absolute atomic E-state index is 12.7. The third-order valence-corrected chi connectivity index (χ3v) is 3.86. The molecular weight excluding hydrogens is 323 g/mol. The highest BCUT2D eigenvalue weighted by Gasteiger charge is 2.58. The molecule has 11 heteroatoms. The molecule has 0 aromatic heterocycles. The van der Waals surface area contributed by atoms with E-state index < -0.39 is 34.5 Å². The van der Waals surface area contributed by atoms with Gasteiger partial charge in [-0.1, -0.05) is 0 Å².